The Morgan fingerprint density at radius 1 is 1.33 bits per heavy atom. The summed E-state index contributed by atoms with van der Waals surface area (Å²) < 4.78 is 5.61. The minimum Gasteiger partial charge on any atom is -0.493 e. The highest BCUT2D eigenvalue weighted by Gasteiger charge is 2.27. The molecular weight excluding hydrogens is 282 g/mol. The largest absolute Gasteiger partial charge is 0.493 e. The number of fused-ring (bicyclic) bond motifs is 1. The van der Waals surface area contributed by atoms with E-state index in [4.69, 9.17) is 4.74 Å². The molecule has 0 aliphatic carbocycles. The number of hydrogen-bond donors (Lipinski definition) is 0. The summed E-state index contributed by atoms with van der Waals surface area (Å²) in [7, 11) is 0. The predicted molar refractivity (Wildman–Crippen MR) is 84.7 cm³/mol. The zero-order valence-electron chi connectivity index (χ0n) is 12.1. The maximum Gasteiger partial charge on any atom is 0.226 e. The van der Waals surface area contributed by atoms with E-state index < -0.39 is 0 Å². The molecular formula is C17H19NO2S. The van der Waals surface area contributed by atoms with Gasteiger partial charge in [0, 0.05) is 11.4 Å². The van der Waals surface area contributed by atoms with E-state index in [0.29, 0.717) is 13.0 Å². The summed E-state index contributed by atoms with van der Waals surface area (Å²) in [6, 6.07) is 12.0. The Hall–Kier alpha value is -1.81. The second-order valence-electron chi connectivity index (χ2n) is 5.22. The Morgan fingerprint density at radius 2 is 2.14 bits per heavy atom. The number of benzene rings is 1. The van der Waals surface area contributed by atoms with E-state index in [1.54, 1.807) is 11.3 Å². The molecule has 0 saturated carbocycles. The van der Waals surface area contributed by atoms with Crippen LogP contribution >= 0.6 is 11.3 Å². The Kier molecular flexibility index (Phi) is 4.25. The molecule has 3 nitrogen and oxygen atoms in total. The maximum absolute atomic E-state index is 12.4. The number of amides is 1. The van der Waals surface area contributed by atoms with Gasteiger partial charge in [0.2, 0.25) is 5.91 Å². The molecule has 1 aliphatic heterocycles. The van der Waals surface area contributed by atoms with Crippen molar-refractivity contribution in [3.05, 3.63) is 52.2 Å². The van der Waals surface area contributed by atoms with E-state index in [1.807, 2.05) is 35.2 Å². The van der Waals surface area contributed by atoms with Crippen molar-refractivity contribution < 1.29 is 9.53 Å². The second kappa shape index (κ2) is 6.31. The van der Waals surface area contributed by atoms with Gasteiger partial charge in [-0.3, -0.25) is 4.79 Å². The molecule has 0 fully saturated rings. The molecule has 1 amide bonds. The zero-order chi connectivity index (χ0) is 14.7. The van der Waals surface area contributed by atoms with Crippen molar-refractivity contribution in [2.45, 2.75) is 25.8 Å². The zero-order valence-corrected chi connectivity index (χ0v) is 12.9. The molecule has 2 aromatic rings. The maximum atomic E-state index is 12.4. The van der Waals surface area contributed by atoms with Crippen molar-refractivity contribution in [3.63, 3.8) is 0 Å². The lowest BCUT2D eigenvalue weighted by Gasteiger charge is -2.33. The molecule has 21 heavy (non-hydrogen) atoms. The van der Waals surface area contributed by atoms with Crippen LogP contribution in [0.2, 0.25) is 0 Å². The summed E-state index contributed by atoms with van der Waals surface area (Å²) in [6.07, 6.45) is 1.40. The van der Waals surface area contributed by atoms with Gasteiger partial charge < -0.3 is 9.64 Å². The van der Waals surface area contributed by atoms with Gasteiger partial charge in [-0.05, 0) is 42.5 Å². The molecule has 0 saturated heterocycles. The van der Waals surface area contributed by atoms with Crippen LogP contribution in [0.5, 0.6) is 5.75 Å². The highest BCUT2D eigenvalue weighted by molar-refractivity contribution is 7.10. The van der Waals surface area contributed by atoms with Crippen LogP contribution in [0.3, 0.4) is 0 Å². The first-order valence-electron chi connectivity index (χ1n) is 7.29. The highest BCUT2D eigenvalue weighted by atomic mass is 32.1. The van der Waals surface area contributed by atoms with Gasteiger partial charge in [-0.1, -0.05) is 18.2 Å². The lowest BCUT2D eigenvalue weighted by Crippen LogP contribution is -2.38. The number of thiophene rings is 1. The van der Waals surface area contributed by atoms with Crippen molar-refractivity contribution in [1.29, 1.82) is 0 Å². The molecule has 1 aliphatic rings. The van der Waals surface area contributed by atoms with Gasteiger partial charge in [-0.2, -0.15) is 0 Å². The minimum atomic E-state index is 0.176. The first-order chi connectivity index (χ1) is 10.3. The fraction of sp³-hybridized carbons (Fsp3) is 0.353. The smallest absolute Gasteiger partial charge is 0.226 e. The van der Waals surface area contributed by atoms with E-state index in [0.717, 1.165) is 18.7 Å². The number of rotatable bonds is 4. The van der Waals surface area contributed by atoms with Crippen molar-refractivity contribution in [2.75, 3.05) is 13.2 Å². The van der Waals surface area contributed by atoms with E-state index in [-0.39, 0.29) is 11.9 Å². The summed E-state index contributed by atoms with van der Waals surface area (Å²) in [4.78, 5) is 15.8. The normalized spacial score (nSPS) is 17.4. The summed E-state index contributed by atoms with van der Waals surface area (Å²) in [6.45, 7) is 3.36. The molecule has 0 radical (unpaired) electrons. The average molecular weight is 301 g/mol. The van der Waals surface area contributed by atoms with Gasteiger partial charge in [0.25, 0.3) is 0 Å². The number of hydrogen-bond acceptors (Lipinski definition) is 3. The van der Waals surface area contributed by atoms with Crippen molar-refractivity contribution >= 4 is 17.2 Å². The number of carbonyl (C=O) groups is 1. The van der Waals surface area contributed by atoms with Gasteiger partial charge in [0.1, 0.15) is 5.75 Å². The molecule has 1 unspecified atom stereocenters. The van der Waals surface area contributed by atoms with Crippen LogP contribution in [-0.4, -0.2) is 24.0 Å². The second-order valence-corrected chi connectivity index (χ2v) is 6.22. The number of para-hydroxylation sites is 1. The fourth-order valence-electron chi connectivity index (χ4n) is 2.77. The van der Waals surface area contributed by atoms with Crippen LogP contribution < -0.4 is 4.74 Å². The van der Waals surface area contributed by atoms with Crippen LogP contribution in [0.15, 0.2) is 41.8 Å². The molecule has 1 aromatic heterocycles. The molecule has 3 rings (SSSR count). The van der Waals surface area contributed by atoms with E-state index in [9.17, 15) is 4.79 Å². The molecule has 4 heteroatoms. The molecule has 1 atom stereocenters. The van der Waals surface area contributed by atoms with E-state index in [2.05, 4.69) is 18.4 Å². The minimum absolute atomic E-state index is 0.176. The Balaban J connectivity index is 1.54. The van der Waals surface area contributed by atoms with Crippen LogP contribution in [0.1, 0.15) is 29.8 Å². The third kappa shape index (κ3) is 3.10. The SMILES string of the molecule is CC1c2ccsc2CCN1C(=O)CCOc1ccccc1. The van der Waals surface area contributed by atoms with Gasteiger partial charge in [-0.25, -0.2) is 0 Å². The molecule has 0 N–H and O–H groups in total. The van der Waals surface area contributed by atoms with E-state index in [1.165, 1.54) is 10.4 Å². The lowest BCUT2D eigenvalue weighted by atomic mass is 10.0. The number of ether oxygens (including phenoxy) is 1. The summed E-state index contributed by atoms with van der Waals surface area (Å²) in [5.74, 6) is 0.993. The van der Waals surface area contributed by atoms with Crippen molar-refractivity contribution in [2.24, 2.45) is 0 Å². The molecule has 2 heterocycles. The van der Waals surface area contributed by atoms with Crippen LogP contribution in [0, 0.1) is 0 Å². The predicted octanol–water partition coefficient (Wildman–Crippen LogP) is 3.66. The molecule has 1 aromatic carbocycles. The third-order valence-electron chi connectivity index (χ3n) is 3.93. The van der Waals surface area contributed by atoms with Gasteiger partial charge >= 0.3 is 0 Å². The van der Waals surface area contributed by atoms with E-state index >= 15 is 0 Å². The topological polar surface area (TPSA) is 29.5 Å². The molecule has 0 spiro atoms. The number of carbonyl (C=O) groups excluding carboxylic acids is 1. The van der Waals surface area contributed by atoms with Crippen LogP contribution in [0.25, 0.3) is 0 Å². The lowest BCUT2D eigenvalue weighted by molar-refractivity contribution is -0.134. The average Bonchev–Trinajstić information content (AvgIpc) is 2.98. The van der Waals surface area contributed by atoms with Crippen molar-refractivity contribution in [3.8, 4) is 5.75 Å². The summed E-state index contributed by atoms with van der Waals surface area (Å²) in [5.41, 5.74) is 1.31. The first-order valence-corrected chi connectivity index (χ1v) is 8.17. The first kappa shape index (κ1) is 14.1. The summed E-state index contributed by atoms with van der Waals surface area (Å²) >= 11 is 1.80. The van der Waals surface area contributed by atoms with Gasteiger partial charge in [0.15, 0.2) is 0 Å². The highest BCUT2D eigenvalue weighted by Crippen LogP contribution is 2.33. The van der Waals surface area contributed by atoms with Crippen molar-refractivity contribution in [1.82, 2.24) is 4.90 Å². The van der Waals surface area contributed by atoms with Crippen LogP contribution in [0.4, 0.5) is 0 Å². The quantitative estimate of drug-likeness (QED) is 0.862. The summed E-state index contributed by atoms with van der Waals surface area (Å²) in [5, 5.41) is 2.12. The Labute approximate surface area is 129 Å². The Morgan fingerprint density at radius 3 is 2.95 bits per heavy atom. The fourth-order valence-corrected chi connectivity index (χ4v) is 3.73. The number of nitrogens with zero attached hydrogens (tertiary/aromatic N) is 1. The Bertz CT molecular complexity index is 608. The standard InChI is InChI=1S/C17H19NO2S/c1-13-15-9-12-21-16(15)7-10-18(13)17(19)8-11-20-14-5-3-2-4-6-14/h2-6,9,12-13H,7-8,10-11H2,1H3. The van der Waals surface area contributed by atoms with Crippen LogP contribution in [-0.2, 0) is 11.2 Å². The molecule has 0 bridgehead atoms. The monoisotopic (exact) mass is 301 g/mol. The third-order valence-corrected chi connectivity index (χ3v) is 4.92. The van der Waals surface area contributed by atoms with Gasteiger partial charge in [0.05, 0.1) is 19.1 Å². The molecule has 110 valence electrons. The van der Waals surface area contributed by atoms with Gasteiger partial charge in [-0.15, -0.1) is 11.3 Å².